The van der Waals surface area contributed by atoms with E-state index < -0.39 is 17.1 Å². The summed E-state index contributed by atoms with van der Waals surface area (Å²) >= 11 is 0.873. The molecule has 7 heteroatoms. The molecule has 6 nitrogen and oxygen atoms in total. The van der Waals surface area contributed by atoms with Gasteiger partial charge in [-0.15, -0.1) is 0 Å². The third kappa shape index (κ3) is 4.69. The van der Waals surface area contributed by atoms with Crippen LogP contribution in [0.5, 0.6) is 0 Å². The first-order valence-corrected chi connectivity index (χ1v) is 11.9. The van der Waals surface area contributed by atoms with Gasteiger partial charge in [0.1, 0.15) is 6.54 Å². The van der Waals surface area contributed by atoms with Gasteiger partial charge in [-0.25, -0.2) is 0 Å². The lowest BCUT2D eigenvalue weighted by Gasteiger charge is -2.45. The maximum Gasteiger partial charge on any atom is 0.294 e. The third-order valence-corrected chi connectivity index (χ3v) is 7.37. The normalized spacial score (nSPS) is 20.9. The van der Waals surface area contributed by atoms with Gasteiger partial charge < -0.3 is 10.2 Å². The van der Waals surface area contributed by atoms with Gasteiger partial charge >= 0.3 is 0 Å². The quantitative estimate of drug-likeness (QED) is 0.616. The molecule has 0 spiro atoms. The SMILES string of the molecule is Cc1ccc(NC(=O)CN2C(=O)S/C(=C\c3ccc4c(c3)C(C)CC(C)(C)N4C)C2=O)cc1. The molecule has 0 saturated carbocycles. The smallest absolute Gasteiger partial charge is 0.294 e. The van der Waals surface area contributed by atoms with E-state index in [1.807, 2.05) is 25.1 Å². The Morgan fingerprint density at radius 2 is 1.88 bits per heavy atom. The summed E-state index contributed by atoms with van der Waals surface area (Å²) in [6.07, 6.45) is 2.78. The number of nitrogens with zero attached hydrogens (tertiary/aromatic N) is 2. The van der Waals surface area contributed by atoms with E-state index in [9.17, 15) is 14.4 Å². The zero-order chi connectivity index (χ0) is 23.9. The molecule has 172 valence electrons. The van der Waals surface area contributed by atoms with E-state index in [4.69, 9.17) is 0 Å². The predicted octanol–water partition coefficient (Wildman–Crippen LogP) is 5.39. The number of fused-ring (bicyclic) bond motifs is 1. The summed E-state index contributed by atoms with van der Waals surface area (Å²) in [6.45, 7) is 8.35. The Labute approximate surface area is 199 Å². The Morgan fingerprint density at radius 1 is 1.18 bits per heavy atom. The van der Waals surface area contributed by atoms with Crippen LogP contribution >= 0.6 is 11.8 Å². The van der Waals surface area contributed by atoms with Crippen LogP contribution in [0, 0.1) is 6.92 Å². The zero-order valence-corrected chi connectivity index (χ0v) is 20.5. The average molecular weight is 464 g/mol. The van der Waals surface area contributed by atoms with Crippen LogP contribution in [0.1, 0.15) is 49.8 Å². The molecule has 2 aliphatic rings. The second-order valence-corrected chi connectivity index (χ2v) is 10.5. The van der Waals surface area contributed by atoms with Gasteiger partial charge in [0.2, 0.25) is 5.91 Å². The van der Waals surface area contributed by atoms with Crippen molar-refractivity contribution < 1.29 is 14.4 Å². The van der Waals surface area contributed by atoms with Crippen molar-refractivity contribution in [2.24, 2.45) is 0 Å². The Balaban J connectivity index is 1.49. The number of nitrogens with one attached hydrogen (secondary N) is 1. The molecule has 2 aromatic carbocycles. The van der Waals surface area contributed by atoms with Crippen LogP contribution in [-0.2, 0) is 9.59 Å². The first-order chi connectivity index (χ1) is 15.5. The van der Waals surface area contributed by atoms with Crippen molar-refractivity contribution in [1.29, 1.82) is 0 Å². The molecule has 2 aliphatic heterocycles. The van der Waals surface area contributed by atoms with E-state index in [0.29, 0.717) is 16.5 Å². The van der Waals surface area contributed by atoms with Crippen molar-refractivity contribution in [3.05, 3.63) is 64.1 Å². The van der Waals surface area contributed by atoms with Crippen molar-refractivity contribution >= 4 is 46.3 Å². The van der Waals surface area contributed by atoms with Gasteiger partial charge in [-0.05, 0) is 86.3 Å². The van der Waals surface area contributed by atoms with Crippen LogP contribution < -0.4 is 10.2 Å². The maximum atomic E-state index is 12.9. The van der Waals surface area contributed by atoms with Crippen LogP contribution in [0.15, 0.2) is 47.4 Å². The number of carbonyl (C=O) groups excluding carboxylic acids is 3. The molecular formula is C26H29N3O3S. The molecular weight excluding hydrogens is 434 g/mol. The molecule has 0 aromatic heterocycles. The molecule has 1 N–H and O–H groups in total. The van der Waals surface area contributed by atoms with Gasteiger partial charge in [-0.2, -0.15) is 0 Å². The first-order valence-electron chi connectivity index (χ1n) is 11.0. The van der Waals surface area contributed by atoms with E-state index >= 15 is 0 Å². The van der Waals surface area contributed by atoms with Gasteiger partial charge in [-0.1, -0.05) is 30.7 Å². The minimum atomic E-state index is -0.437. The van der Waals surface area contributed by atoms with Crippen LogP contribution in [0.2, 0.25) is 0 Å². The highest BCUT2D eigenvalue weighted by molar-refractivity contribution is 8.18. The minimum Gasteiger partial charge on any atom is -0.369 e. The minimum absolute atomic E-state index is 0.0791. The van der Waals surface area contributed by atoms with Crippen molar-refractivity contribution in [2.45, 2.75) is 45.6 Å². The van der Waals surface area contributed by atoms with Gasteiger partial charge in [0.25, 0.3) is 11.1 Å². The fraction of sp³-hybridized carbons (Fsp3) is 0.346. The van der Waals surface area contributed by atoms with E-state index in [1.54, 1.807) is 18.2 Å². The number of anilines is 2. The average Bonchev–Trinajstić information content (AvgIpc) is 3.01. The number of hydrogen-bond donors (Lipinski definition) is 1. The lowest BCUT2D eigenvalue weighted by Crippen LogP contribution is -2.45. The standard InChI is InChI=1S/C26H29N3O3S/c1-16-6-9-19(10-7-16)27-23(30)15-29-24(31)22(33-25(29)32)13-18-8-11-21-20(12-18)17(2)14-26(3,4)28(21)5/h6-13,17H,14-15H2,1-5H3,(H,27,30)/b22-13-. The number of imide groups is 1. The van der Waals surface area contributed by atoms with Crippen LogP contribution in [0.25, 0.3) is 6.08 Å². The molecule has 1 saturated heterocycles. The van der Waals surface area contributed by atoms with E-state index in [1.165, 1.54) is 11.3 Å². The number of aryl methyl sites for hydroxylation is 1. The molecule has 1 fully saturated rings. The second-order valence-electron chi connectivity index (χ2n) is 9.48. The van der Waals surface area contributed by atoms with Gasteiger partial charge in [0.05, 0.1) is 4.91 Å². The summed E-state index contributed by atoms with van der Waals surface area (Å²) in [4.78, 5) is 41.4. The lowest BCUT2D eigenvalue weighted by atomic mass is 9.80. The number of thioether (sulfide) groups is 1. The molecule has 2 aromatic rings. The van der Waals surface area contributed by atoms with Crippen molar-refractivity contribution in [3.8, 4) is 0 Å². The Kier molecular flexibility index (Phi) is 6.10. The number of rotatable bonds is 4. The van der Waals surface area contributed by atoms with Crippen LogP contribution in [-0.4, -0.2) is 41.1 Å². The molecule has 1 unspecified atom stereocenters. The summed E-state index contributed by atoms with van der Waals surface area (Å²) in [5.74, 6) is -0.455. The van der Waals surface area contributed by atoms with Crippen molar-refractivity contribution in [3.63, 3.8) is 0 Å². The largest absolute Gasteiger partial charge is 0.369 e. The molecule has 33 heavy (non-hydrogen) atoms. The Hall–Kier alpha value is -3.06. The van der Waals surface area contributed by atoms with Crippen molar-refractivity contribution in [2.75, 3.05) is 23.8 Å². The highest BCUT2D eigenvalue weighted by atomic mass is 32.2. The fourth-order valence-electron chi connectivity index (χ4n) is 4.45. The third-order valence-electron chi connectivity index (χ3n) is 6.47. The summed E-state index contributed by atoms with van der Waals surface area (Å²) in [7, 11) is 2.11. The number of hydrogen-bond acceptors (Lipinski definition) is 5. The van der Waals surface area contributed by atoms with Crippen LogP contribution in [0.4, 0.5) is 16.2 Å². The van der Waals surface area contributed by atoms with Crippen molar-refractivity contribution in [1.82, 2.24) is 4.90 Å². The highest BCUT2D eigenvalue weighted by Gasteiger charge is 2.37. The zero-order valence-electron chi connectivity index (χ0n) is 19.6. The first kappa shape index (κ1) is 23.1. The summed E-state index contributed by atoms with van der Waals surface area (Å²) in [6, 6.07) is 13.5. The van der Waals surface area contributed by atoms with Gasteiger partial charge in [0, 0.05) is 24.0 Å². The fourth-order valence-corrected chi connectivity index (χ4v) is 5.29. The predicted molar refractivity (Wildman–Crippen MR) is 134 cm³/mol. The van der Waals surface area contributed by atoms with Gasteiger partial charge in [-0.3, -0.25) is 19.3 Å². The molecule has 0 radical (unpaired) electrons. The molecule has 4 rings (SSSR count). The molecule has 1 atom stereocenters. The highest BCUT2D eigenvalue weighted by Crippen LogP contribution is 2.43. The van der Waals surface area contributed by atoms with E-state index in [2.05, 4.69) is 50.2 Å². The number of amides is 3. The second kappa shape index (κ2) is 8.71. The summed E-state index contributed by atoms with van der Waals surface area (Å²) < 4.78 is 0. The lowest BCUT2D eigenvalue weighted by molar-refractivity contribution is -0.127. The Morgan fingerprint density at radius 3 is 2.58 bits per heavy atom. The summed E-state index contributed by atoms with van der Waals surface area (Å²) in [5, 5.41) is 2.30. The monoisotopic (exact) mass is 463 g/mol. The van der Waals surface area contributed by atoms with E-state index in [-0.39, 0.29) is 12.1 Å². The topological polar surface area (TPSA) is 69.7 Å². The summed E-state index contributed by atoms with van der Waals surface area (Å²) in [5.41, 5.74) is 5.10. The number of carbonyl (C=O) groups is 3. The molecule has 3 amide bonds. The number of benzene rings is 2. The molecule has 0 aliphatic carbocycles. The molecule has 0 bridgehead atoms. The van der Waals surface area contributed by atoms with Crippen LogP contribution in [0.3, 0.4) is 0 Å². The van der Waals surface area contributed by atoms with E-state index in [0.717, 1.165) is 34.2 Å². The maximum absolute atomic E-state index is 12.9. The van der Waals surface area contributed by atoms with Gasteiger partial charge in [0.15, 0.2) is 0 Å². The Bertz CT molecular complexity index is 1150. The molecule has 2 heterocycles.